The third kappa shape index (κ3) is 5.79. The van der Waals surface area contributed by atoms with Crippen LogP contribution in [0.5, 0.6) is 5.75 Å². The van der Waals surface area contributed by atoms with E-state index in [1.54, 1.807) is 49.4 Å². The molecule has 0 saturated heterocycles. The first-order valence-electron chi connectivity index (χ1n) is 8.78. The molecule has 3 aromatic rings. The summed E-state index contributed by atoms with van der Waals surface area (Å²) >= 11 is 8.77. The van der Waals surface area contributed by atoms with Gasteiger partial charge in [0.05, 0.1) is 17.1 Å². The van der Waals surface area contributed by atoms with Crippen LogP contribution < -0.4 is 15.4 Å². The second kappa shape index (κ2) is 8.94. The first kappa shape index (κ1) is 21.3. The van der Waals surface area contributed by atoms with Crippen molar-refractivity contribution in [2.45, 2.75) is 32.9 Å². The molecule has 9 heteroatoms. The molecular weight excluding hydrogens is 430 g/mol. The highest BCUT2D eigenvalue weighted by molar-refractivity contribution is 7.17. The molecule has 29 heavy (non-hydrogen) atoms. The number of hydrogen-bond acceptors (Lipinski definition) is 6. The molecule has 1 aromatic carbocycles. The monoisotopic (exact) mass is 449 g/mol. The SMILES string of the molecule is CC(=O)NCc1ccc(-c2csc(NC(=O)C(C)(C)Oc3ccc(Cl)cc3)n2)s1. The molecule has 2 heterocycles. The Morgan fingerprint density at radius 1 is 1.17 bits per heavy atom. The Kier molecular flexibility index (Phi) is 6.56. The number of hydrogen-bond donors (Lipinski definition) is 2. The quantitative estimate of drug-likeness (QED) is 0.534. The van der Waals surface area contributed by atoms with Crippen molar-refractivity contribution in [1.29, 1.82) is 0 Å². The highest BCUT2D eigenvalue weighted by Gasteiger charge is 2.30. The smallest absolute Gasteiger partial charge is 0.269 e. The Bertz CT molecular complexity index is 1010. The summed E-state index contributed by atoms with van der Waals surface area (Å²) in [5.74, 6) is 0.188. The minimum atomic E-state index is -1.09. The van der Waals surface area contributed by atoms with Gasteiger partial charge in [-0.3, -0.25) is 14.9 Å². The molecule has 0 saturated carbocycles. The van der Waals surface area contributed by atoms with Gasteiger partial charge in [-0.2, -0.15) is 0 Å². The molecule has 6 nitrogen and oxygen atoms in total. The second-order valence-electron chi connectivity index (χ2n) is 6.73. The van der Waals surface area contributed by atoms with E-state index in [2.05, 4.69) is 15.6 Å². The predicted molar refractivity (Wildman–Crippen MR) is 118 cm³/mol. The number of amides is 2. The molecule has 2 aromatic heterocycles. The van der Waals surface area contributed by atoms with Gasteiger partial charge in [0.15, 0.2) is 10.7 Å². The van der Waals surface area contributed by atoms with Crippen LogP contribution in [0.3, 0.4) is 0 Å². The zero-order valence-corrected chi connectivity index (χ0v) is 18.5. The topological polar surface area (TPSA) is 80.3 Å². The summed E-state index contributed by atoms with van der Waals surface area (Å²) in [6, 6.07) is 10.8. The van der Waals surface area contributed by atoms with Crippen molar-refractivity contribution in [1.82, 2.24) is 10.3 Å². The van der Waals surface area contributed by atoms with E-state index < -0.39 is 5.60 Å². The van der Waals surface area contributed by atoms with E-state index in [9.17, 15) is 9.59 Å². The summed E-state index contributed by atoms with van der Waals surface area (Å²) < 4.78 is 5.81. The number of aromatic nitrogens is 1. The summed E-state index contributed by atoms with van der Waals surface area (Å²) in [4.78, 5) is 30.2. The maximum atomic E-state index is 12.7. The van der Waals surface area contributed by atoms with Gasteiger partial charge >= 0.3 is 0 Å². The van der Waals surface area contributed by atoms with Crippen LogP contribution >= 0.6 is 34.3 Å². The zero-order valence-electron chi connectivity index (χ0n) is 16.1. The second-order valence-corrected chi connectivity index (χ2v) is 9.20. The van der Waals surface area contributed by atoms with Gasteiger partial charge in [0.2, 0.25) is 5.91 Å². The van der Waals surface area contributed by atoms with Crippen LogP contribution in [0.2, 0.25) is 5.02 Å². The van der Waals surface area contributed by atoms with Gasteiger partial charge in [-0.15, -0.1) is 22.7 Å². The first-order valence-corrected chi connectivity index (χ1v) is 10.9. The predicted octanol–water partition coefficient (Wildman–Crippen LogP) is 4.96. The number of thiophene rings is 1. The average molecular weight is 450 g/mol. The Labute approximate surface area is 181 Å². The number of anilines is 1. The molecule has 0 fully saturated rings. The minimum absolute atomic E-state index is 0.0676. The largest absolute Gasteiger partial charge is 0.478 e. The van der Waals surface area contributed by atoms with Crippen LogP contribution in [-0.4, -0.2) is 22.4 Å². The number of nitrogens with zero attached hydrogens (tertiary/aromatic N) is 1. The van der Waals surface area contributed by atoms with Crippen molar-refractivity contribution < 1.29 is 14.3 Å². The van der Waals surface area contributed by atoms with Crippen LogP contribution in [0.4, 0.5) is 5.13 Å². The highest BCUT2D eigenvalue weighted by Crippen LogP contribution is 2.31. The molecule has 0 bridgehead atoms. The Morgan fingerprint density at radius 2 is 1.90 bits per heavy atom. The zero-order chi connectivity index (χ0) is 21.0. The van der Waals surface area contributed by atoms with Crippen molar-refractivity contribution in [2.75, 3.05) is 5.32 Å². The standard InChI is InChI=1S/C20H20ClN3O3S2/c1-12(25)22-10-15-8-9-17(29-15)16-11-28-19(23-16)24-18(26)20(2,3)27-14-6-4-13(21)5-7-14/h4-9,11H,10H2,1-3H3,(H,22,25)(H,23,24,26). The fourth-order valence-corrected chi connectivity index (χ4v) is 4.17. The summed E-state index contributed by atoms with van der Waals surface area (Å²) in [6.07, 6.45) is 0. The molecule has 0 aliphatic heterocycles. The molecule has 0 unspecified atom stereocenters. The highest BCUT2D eigenvalue weighted by atomic mass is 35.5. The van der Waals surface area contributed by atoms with Crippen molar-refractivity contribution >= 4 is 51.2 Å². The van der Waals surface area contributed by atoms with Crippen molar-refractivity contribution in [3.8, 4) is 16.3 Å². The fourth-order valence-electron chi connectivity index (χ4n) is 2.36. The third-order valence-electron chi connectivity index (χ3n) is 3.88. The van der Waals surface area contributed by atoms with Crippen LogP contribution in [-0.2, 0) is 16.1 Å². The normalized spacial score (nSPS) is 11.2. The van der Waals surface area contributed by atoms with Crippen LogP contribution in [0.25, 0.3) is 10.6 Å². The van der Waals surface area contributed by atoms with Gasteiger partial charge in [-0.05, 0) is 50.2 Å². The summed E-state index contributed by atoms with van der Waals surface area (Å²) in [5.41, 5.74) is -0.311. The fraction of sp³-hybridized carbons (Fsp3) is 0.250. The number of thiazole rings is 1. The molecule has 0 atom stereocenters. The molecule has 0 radical (unpaired) electrons. The number of halogens is 1. The molecule has 2 amide bonds. The van der Waals surface area contributed by atoms with Gasteiger partial charge in [0.25, 0.3) is 5.91 Å². The summed E-state index contributed by atoms with van der Waals surface area (Å²) in [6.45, 7) is 5.37. The van der Waals surface area contributed by atoms with Crippen molar-refractivity contribution in [2.24, 2.45) is 0 Å². The third-order valence-corrected chi connectivity index (χ3v) is 6.00. The number of carbonyl (C=O) groups excluding carboxylic acids is 2. The van der Waals surface area contributed by atoms with E-state index in [4.69, 9.17) is 16.3 Å². The number of rotatable bonds is 7. The lowest BCUT2D eigenvalue weighted by Crippen LogP contribution is -2.42. The van der Waals surface area contributed by atoms with Crippen LogP contribution in [0, 0.1) is 0 Å². The molecule has 2 N–H and O–H groups in total. The maximum absolute atomic E-state index is 12.7. The van der Waals surface area contributed by atoms with Gasteiger partial charge < -0.3 is 10.1 Å². The van der Waals surface area contributed by atoms with Crippen molar-refractivity contribution in [3.05, 3.63) is 51.7 Å². The van der Waals surface area contributed by atoms with E-state index in [-0.39, 0.29) is 11.8 Å². The summed E-state index contributed by atoms with van der Waals surface area (Å²) in [5, 5.41) is 8.57. The van der Waals surface area contributed by atoms with E-state index in [0.29, 0.717) is 22.4 Å². The van der Waals surface area contributed by atoms with Gasteiger partial charge in [0, 0.05) is 22.2 Å². The lowest BCUT2D eigenvalue weighted by molar-refractivity contribution is -0.128. The number of benzene rings is 1. The molecule has 152 valence electrons. The van der Waals surface area contributed by atoms with E-state index in [1.165, 1.54) is 18.3 Å². The molecular formula is C20H20ClN3O3S2. The van der Waals surface area contributed by atoms with Crippen LogP contribution in [0.1, 0.15) is 25.6 Å². The van der Waals surface area contributed by atoms with Gasteiger partial charge in [0.1, 0.15) is 5.75 Å². The maximum Gasteiger partial charge on any atom is 0.269 e. The van der Waals surface area contributed by atoms with Gasteiger partial charge in [-0.25, -0.2) is 4.98 Å². The first-order chi connectivity index (χ1) is 13.7. The van der Waals surface area contributed by atoms with Gasteiger partial charge in [-0.1, -0.05) is 11.6 Å². The molecule has 0 aliphatic rings. The Hall–Kier alpha value is -2.42. The molecule has 3 rings (SSSR count). The lowest BCUT2D eigenvalue weighted by atomic mass is 10.1. The van der Waals surface area contributed by atoms with E-state index in [1.807, 2.05) is 17.5 Å². The number of carbonyl (C=O) groups is 2. The van der Waals surface area contributed by atoms with Crippen molar-refractivity contribution in [3.63, 3.8) is 0 Å². The Balaban J connectivity index is 1.63. The van der Waals surface area contributed by atoms with Crippen LogP contribution in [0.15, 0.2) is 41.8 Å². The van der Waals surface area contributed by atoms with E-state index >= 15 is 0 Å². The summed E-state index contributed by atoms with van der Waals surface area (Å²) in [7, 11) is 0. The average Bonchev–Trinajstić information content (AvgIpc) is 3.31. The van der Waals surface area contributed by atoms with E-state index in [0.717, 1.165) is 15.4 Å². The Morgan fingerprint density at radius 3 is 2.59 bits per heavy atom. The number of ether oxygens (including phenoxy) is 1. The number of nitrogens with one attached hydrogen (secondary N) is 2. The minimum Gasteiger partial charge on any atom is -0.478 e. The molecule has 0 aliphatic carbocycles. The molecule has 0 spiro atoms. The lowest BCUT2D eigenvalue weighted by Gasteiger charge is -2.24.